The zero-order valence-electron chi connectivity index (χ0n) is 8.73. The monoisotopic (exact) mass is 202 g/mol. The number of hydrogen-bond acceptors (Lipinski definition) is 3. The number of benzene rings is 1. The summed E-state index contributed by atoms with van der Waals surface area (Å²) >= 11 is 0. The van der Waals surface area contributed by atoms with Gasteiger partial charge in [-0.3, -0.25) is 5.32 Å². The van der Waals surface area contributed by atoms with E-state index in [1.54, 1.807) is 7.11 Å². The number of ether oxygens (including phenoxy) is 1. The Balaban J connectivity index is 2.08. The van der Waals surface area contributed by atoms with Gasteiger partial charge in [0.15, 0.2) is 0 Å². The molecule has 3 heteroatoms. The third-order valence-corrected chi connectivity index (χ3v) is 2.56. The Bertz CT molecular complexity index is 362. The van der Waals surface area contributed by atoms with Crippen molar-refractivity contribution < 1.29 is 4.74 Å². The molecule has 78 valence electrons. The lowest BCUT2D eigenvalue weighted by Crippen LogP contribution is -2.21. The van der Waals surface area contributed by atoms with Crippen molar-refractivity contribution in [2.24, 2.45) is 0 Å². The maximum atomic E-state index is 9.04. The lowest BCUT2D eigenvalue weighted by atomic mass is 10.1. The van der Waals surface area contributed by atoms with Gasteiger partial charge in [-0.05, 0) is 30.5 Å². The maximum Gasteiger partial charge on any atom is 0.121 e. The van der Waals surface area contributed by atoms with E-state index in [0.717, 1.165) is 11.3 Å². The van der Waals surface area contributed by atoms with E-state index in [9.17, 15) is 0 Å². The molecule has 1 atom stereocenters. The predicted molar refractivity (Wildman–Crippen MR) is 57.5 cm³/mol. The molecule has 0 aliphatic heterocycles. The second kappa shape index (κ2) is 4.33. The lowest BCUT2D eigenvalue weighted by molar-refractivity contribution is 0.414. The fourth-order valence-electron chi connectivity index (χ4n) is 1.49. The molecule has 0 spiro atoms. The molecule has 0 saturated heterocycles. The van der Waals surface area contributed by atoms with E-state index in [-0.39, 0.29) is 6.04 Å². The third kappa shape index (κ3) is 2.48. The topological polar surface area (TPSA) is 45.0 Å². The van der Waals surface area contributed by atoms with Gasteiger partial charge in [-0.1, -0.05) is 12.1 Å². The first-order valence-corrected chi connectivity index (χ1v) is 5.13. The summed E-state index contributed by atoms with van der Waals surface area (Å²) in [5.74, 6) is 0.821. The van der Waals surface area contributed by atoms with Crippen LogP contribution in [0.25, 0.3) is 0 Å². The largest absolute Gasteiger partial charge is 0.497 e. The number of nitrogens with zero attached hydrogens (tertiary/aromatic N) is 1. The van der Waals surface area contributed by atoms with Crippen LogP contribution in [0.15, 0.2) is 24.3 Å². The van der Waals surface area contributed by atoms with Crippen LogP contribution < -0.4 is 10.1 Å². The van der Waals surface area contributed by atoms with Crippen molar-refractivity contribution in [3.63, 3.8) is 0 Å². The van der Waals surface area contributed by atoms with Gasteiger partial charge in [0.1, 0.15) is 11.8 Å². The summed E-state index contributed by atoms with van der Waals surface area (Å²) < 4.78 is 5.07. The Morgan fingerprint density at radius 3 is 2.53 bits per heavy atom. The van der Waals surface area contributed by atoms with Crippen molar-refractivity contribution in [2.45, 2.75) is 24.9 Å². The average molecular weight is 202 g/mol. The highest BCUT2D eigenvalue weighted by Crippen LogP contribution is 2.24. The van der Waals surface area contributed by atoms with Gasteiger partial charge in [-0.25, -0.2) is 0 Å². The number of rotatable bonds is 4. The van der Waals surface area contributed by atoms with Crippen LogP contribution in [0.2, 0.25) is 0 Å². The summed E-state index contributed by atoms with van der Waals surface area (Å²) in [6.45, 7) is 0. The van der Waals surface area contributed by atoms with Crippen LogP contribution in [-0.4, -0.2) is 13.2 Å². The fourth-order valence-corrected chi connectivity index (χ4v) is 1.49. The Labute approximate surface area is 89.7 Å². The molecular formula is C12H14N2O. The van der Waals surface area contributed by atoms with E-state index in [0.29, 0.717) is 6.04 Å². The minimum absolute atomic E-state index is 0.191. The van der Waals surface area contributed by atoms with Crippen LogP contribution in [0, 0.1) is 11.3 Å². The smallest absolute Gasteiger partial charge is 0.121 e. The number of hydrogen-bond donors (Lipinski definition) is 1. The molecule has 2 rings (SSSR count). The Morgan fingerprint density at radius 1 is 1.40 bits per heavy atom. The van der Waals surface area contributed by atoms with Crippen LogP contribution >= 0.6 is 0 Å². The van der Waals surface area contributed by atoms with Crippen molar-refractivity contribution in [1.82, 2.24) is 5.32 Å². The molecule has 0 aromatic heterocycles. The first-order valence-electron chi connectivity index (χ1n) is 5.13. The highest BCUT2D eigenvalue weighted by molar-refractivity contribution is 5.31. The first-order chi connectivity index (χ1) is 7.33. The summed E-state index contributed by atoms with van der Waals surface area (Å²) in [5, 5.41) is 12.3. The van der Waals surface area contributed by atoms with Crippen molar-refractivity contribution >= 4 is 0 Å². The maximum absolute atomic E-state index is 9.04. The van der Waals surface area contributed by atoms with E-state index in [2.05, 4.69) is 11.4 Å². The Morgan fingerprint density at radius 2 is 2.07 bits per heavy atom. The molecule has 1 fully saturated rings. The van der Waals surface area contributed by atoms with Gasteiger partial charge in [0.2, 0.25) is 0 Å². The van der Waals surface area contributed by atoms with Gasteiger partial charge in [0.05, 0.1) is 13.2 Å². The molecule has 1 unspecified atom stereocenters. The minimum Gasteiger partial charge on any atom is -0.497 e. The molecule has 0 amide bonds. The molecule has 15 heavy (non-hydrogen) atoms. The standard InChI is InChI=1S/C12H14N2O/c1-15-11-6-2-9(3-7-11)12(8-13)14-10-4-5-10/h2-3,6-7,10,12,14H,4-5H2,1H3. The van der Waals surface area contributed by atoms with Crippen molar-refractivity contribution in [3.8, 4) is 11.8 Å². The summed E-state index contributed by atoms with van der Waals surface area (Å²) in [5.41, 5.74) is 1.00. The fraction of sp³-hybridized carbons (Fsp3) is 0.417. The third-order valence-electron chi connectivity index (χ3n) is 2.56. The number of nitrogens with one attached hydrogen (secondary N) is 1. The van der Waals surface area contributed by atoms with E-state index < -0.39 is 0 Å². The number of methoxy groups -OCH3 is 1. The molecular weight excluding hydrogens is 188 g/mol. The zero-order chi connectivity index (χ0) is 10.7. The second-order valence-electron chi connectivity index (χ2n) is 3.78. The lowest BCUT2D eigenvalue weighted by Gasteiger charge is -2.11. The SMILES string of the molecule is COc1ccc(C(C#N)NC2CC2)cc1. The molecule has 1 aliphatic carbocycles. The molecule has 0 radical (unpaired) electrons. The Kier molecular flexibility index (Phi) is 2.89. The van der Waals surface area contributed by atoms with Crippen molar-refractivity contribution in [2.75, 3.05) is 7.11 Å². The van der Waals surface area contributed by atoms with Gasteiger partial charge in [-0.15, -0.1) is 0 Å². The molecule has 1 aliphatic rings. The van der Waals surface area contributed by atoms with Gasteiger partial charge in [0, 0.05) is 6.04 Å². The van der Waals surface area contributed by atoms with Crippen molar-refractivity contribution in [3.05, 3.63) is 29.8 Å². The van der Waals surface area contributed by atoms with Gasteiger partial charge >= 0.3 is 0 Å². The zero-order valence-corrected chi connectivity index (χ0v) is 8.73. The van der Waals surface area contributed by atoms with Gasteiger partial charge in [0.25, 0.3) is 0 Å². The van der Waals surface area contributed by atoms with E-state index in [4.69, 9.17) is 10.00 Å². The van der Waals surface area contributed by atoms with Gasteiger partial charge < -0.3 is 4.74 Å². The number of nitriles is 1. The van der Waals surface area contributed by atoms with Gasteiger partial charge in [-0.2, -0.15) is 5.26 Å². The average Bonchev–Trinajstić information content (AvgIpc) is 3.10. The highest BCUT2D eigenvalue weighted by atomic mass is 16.5. The summed E-state index contributed by atoms with van der Waals surface area (Å²) in [6.07, 6.45) is 2.38. The van der Waals surface area contributed by atoms with E-state index >= 15 is 0 Å². The van der Waals surface area contributed by atoms with Crippen LogP contribution in [0.5, 0.6) is 5.75 Å². The molecule has 0 heterocycles. The highest BCUT2D eigenvalue weighted by Gasteiger charge is 2.25. The molecule has 1 N–H and O–H groups in total. The van der Waals surface area contributed by atoms with Crippen LogP contribution in [0.4, 0.5) is 0 Å². The molecule has 3 nitrogen and oxygen atoms in total. The van der Waals surface area contributed by atoms with Crippen LogP contribution in [0.3, 0.4) is 0 Å². The van der Waals surface area contributed by atoms with Crippen LogP contribution in [0.1, 0.15) is 24.4 Å². The van der Waals surface area contributed by atoms with Crippen LogP contribution in [-0.2, 0) is 0 Å². The summed E-state index contributed by atoms with van der Waals surface area (Å²) in [7, 11) is 1.64. The first kappa shape index (κ1) is 10.0. The van der Waals surface area contributed by atoms with E-state index in [1.807, 2.05) is 24.3 Å². The predicted octanol–water partition coefficient (Wildman–Crippen LogP) is 2.01. The minimum atomic E-state index is -0.191. The normalized spacial score (nSPS) is 16.8. The molecule has 1 aromatic carbocycles. The second-order valence-corrected chi connectivity index (χ2v) is 3.78. The van der Waals surface area contributed by atoms with E-state index in [1.165, 1.54) is 12.8 Å². The molecule has 1 saturated carbocycles. The van der Waals surface area contributed by atoms with Crippen molar-refractivity contribution in [1.29, 1.82) is 5.26 Å². The Hall–Kier alpha value is -1.53. The summed E-state index contributed by atoms with van der Waals surface area (Å²) in [4.78, 5) is 0. The summed E-state index contributed by atoms with van der Waals surface area (Å²) in [6, 6.07) is 10.3. The molecule has 0 bridgehead atoms. The quantitative estimate of drug-likeness (QED) is 0.812. The molecule has 1 aromatic rings.